The van der Waals surface area contributed by atoms with Crippen molar-refractivity contribution in [3.63, 3.8) is 0 Å². The molecule has 0 aliphatic carbocycles. The third-order valence-corrected chi connectivity index (χ3v) is 5.82. The molecule has 0 saturated heterocycles. The standard InChI is InChI=1S/C18H23N5O2S/c1-9-11(3)22-23-13(9)5-6-15(24)19-8-7-14-20-17(25)16-10(2)12(4)26-18(16)21-14/h5-8H2,1-4H3,(H,19,24)(H,22,23)(H,20,21,25). The monoisotopic (exact) mass is 373 g/mol. The van der Waals surface area contributed by atoms with Gasteiger partial charge in [-0.05, 0) is 38.8 Å². The van der Waals surface area contributed by atoms with Gasteiger partial charge in [-0.2, -0.15) is 5.10 Å². The Morgan fingerprint density at radius 3 is 2.62 bits per heavy atom. The van der Waals surface area contributed by atoms with Gasteiger partial charge < -0.3 is 10.3 Å². The van der Waals surface area contributed by atoms with Gasteiger partial charge in [-0.25, -0.2) is 4.98 Å². The van der Waals surface area contributed by atoms with E-state index in [9.17, 15) is 9.59 Å². The van der Waals surface area contributed by atoms with Crippen LogP contribution in [-0.4, -0.2) is 32.6 Å². The Kier molecular flexibility index (Phi) is 5.22. The Labute approximate surface area is 155 Å². The third kappa shape index (κ3) is 3.70. The number of nitrogens with one attached hydrogen (secondary N) is 3. The number of hydrogen-bond acceptors (Lipinski definition) is 5. The van der Waals surface area contributed by atoms with Crippen molar-refractivity contribution in [2.45, 2.75) is 47.0 Å². The molecule has 0 fully saturated rings. The lowest BCUT2D eigenvalue weighted by atomic mass is 10.1. The van der Waals surface area contributed by atoms with E-state index in [0.29, 0.717) is 37.0 Å². The summed E-state index contributed by atoms with van der Waals surface area (Å²) in [5.74, 6) is 0.569. The second-order valence-electron chi connectivity index (χ2n) is 6.50. The molecule has 0 saturated carbocycles. The van der Waals surface area contributed by atoms with Gasteiger partial charge >= 0.3 is 0 Å². The number of aromatic nitrogens is 4. The molecule has 0 spiro atoms. The summed E-state index contributed by atoms with van der Waals surface area (Å²) in [7, 11) is 0. The summed E-state index contributed by atoms with van der Waals surface area (Å²) in [6.07, 6.45) is 1.49. The molecule has 0 aliphatic heterocycles. The summed E-state index contributed by atoms with van der Waals surface area (Å²) in [6.45, 7) is 8.33. The average molecular weight is 373 g/mol. The second-order valence-corrected chi connectivity index (χ2v) is 7.70. The van der Waals surface area contributed by atoms with Crippen LogP contribution in [0, 0.1) is 27.7 Å². The lowest BCUT2D eigenvalue weighted by Crippen LogP contribution is -2.27. The summed E-state index contributed by atoms with van der Waals surface area (Å²) in [5.41, 5.74) is 3.95. The Morgan fingerprint density at radius 1 is 1.15 bits per heavy atom. The molecule has 0 unspecified atom stereocenters. The van der Waals surface area contributed by atoms with Crippen molar-refractivity contribution in [3.05, 3.63) is 43.6 Å². The van der Waals surface area contributed by atoms with E-state index in [-0.39, 0.29) is 11.5 Å². The number of thiophene rings is 1. The molecule has 0 radical (unpaired) electrons. The van der Waals surface area contributed by atoms with Crippen molar-refractivity contribution < 1.29 is 4.79 Å². The van der Waals surface area contributed by atoms with Crippen molar-refractivity contribution in [2.24, 2.45) is 0 Å². The first kappa shape index (κ1) is 18.3. The summed E-state index contributed by atoms with van der Waals surface area (Å²) < 4.78 is 0. The molecule has 3 rings (SSSR count). The van der Waals surface area contributed by atoms with Crippen molar-refractivity contribution in [2.75, 3.05) is 6.54 Å². The summed E-state index contributed by atoms with van der Waals surface area (Å²) in [6, 6.07) is 0. The minimum atomic E-state index is -0.109. The van der Waals surface area contributed by atoms with Crippen molar-refractivity contribution in [1.29, 1.82) is 0 Å². The molecule has 7 nitrogen and oxygen atoms in total. The highest BCUT2D eigenvalue weighted by molar-refractivity contribution is 7.18. The zero-order valence-electron chi connectivity index (χ0n) is 15.4. The number of aryl methyl sites for hydroxylation is 4. The number of carbonyl (C=O) groups is 1. The van der Waals surface area contributed by atoms with E-state index in [1.54, 1.807) is 0 Å². The van der Waals surface area contributed by atoms with Crippen LogP contribution in [0.3, 0.4) is 0 Å². The van der Waals surface area contributed by atoms with Crippen LogP contribution in [0.25, 0.3) is 10.2 Å². The van der Waals surface area contributed by atoms with Gasteiger partial charge in [0, 0.05) is 36.4 Å². The summed E-state index contributed by atoms with van der Waals surface area (Å²) >= 11 is 1.53. The highest BCUT2D eigenvalue weighted by Gasteiger charge is 2.12. The van der Waals surface area contributed by atoms with Crippen LogP contribution >= 0.6 is 11.3 Å². The van der Waals surface area contributed by atoms with Crippen LogP contribution in [0.5, 0.6) is 0 Å². The molecule has 1 amide bonds. The van der Waals surface area contributed by atoms with Crippen molar-refractivity contribution in [1.82, 2.24) is 25.5 Å². The first-order valence-corrected chi connectivity index (χ1v) is 9.44. The van der Waals surface area contributed by atoms with Gasteiger partial charge in [-0.15, -0.1) is 11.3 Å². The topological polar surface area (TPSA) is 104 Å². The number of nitrogens with zero attached hydrogens (tertiary/aromatic N) is 2. The van der Waals surface area contributed by atoms with Gasteiger partial charge in [0.1, 0.15) is 10.7 Å². The maximum atomic E-state index is 12.2. The van der Waals surface area contributed by atoms with E-state index in [1.807, 2.05) is 27.7 Å². The number of rotatable bonds is 6. The van der Waals surface area contributed by atoms with Crippen molar-refractivity contribution >= 4 is 27.5 Å². The number of amides is 1. The molecule has 3 heterocycles. The van der Waals surface area contributed by atoms with Gasteiger partial charge in [-0.1, -0.05) is 0 Å². The fraction of sp³-hybridized carbons (Fsp3) is 0.444. The predicted octanol–water partition coefficient (Wildman–Crippen LogP) is 2.23. The largest absolute Gasteiger partial charge is 0.356 e. The van der Waals surface area contributed by atoms with Crippen LogP contribution in [-0.2, 0) is 17.6 Å². The maximum Gasteiger partial charge on any atom is 0.259 e. The molecule has 0 atom stereocenters. The predicted molar refractivity (Wildman–Crippen MR) is 103 cm³/mol. The van der Waals surface area contributed by atoms with Crippen LogP contribution in [0.1, 0.15) is 39.6 Å². The normalized spacial score (nSPS) is 11.2. The van der Waals surface area contributed by atoms with E-state index in [2.05, 4.69) is 25.5 Å². The smallest absolute Gasteiger partial charge is 0.259 e. The van der Waals surface area contributed by atoms with Gasteiger partial charge in [0.25, 0.3) is 5.56 Å². The zero-order valence-corrected chi connectivity index (χ0v) is 16.3. The van der Waals surface area contributed by atoms with Gasteiger partial charge in [-0.3, -0.25) is 14.7 Å². The number of hydrogen-bond donors (Lipinski definition) is 3. The molecule has 0 aliphatic rings. The van der Waals surface area contributed by atoms with Crippen LogP contribution < -0.4 is 10.9 Å². The van der Waals surface area contributed by atoms with Crippen LogP contribution in [0.4, 0.5) is 0 Å². The number of fused-ring (bicyclic) bond motifs is 1. The molecule has 3 aromatic heterocycles. The number of aromatic amines is 2. The maximum absolute atomic E-state index is 12.2. The zero-order chi connectivity index (χ0) is 18.8. The highest BCUT2D eigenvalue weighted by atomic mass is 32.1. The van der Waals surface area contributed by atoms with E-state index < -0.39 is 0 Å². The van der Waals surface area contributed by atoms with E-state index in [0.717, 1.165) is 32.2 Å². The quantitative estimate of drug-likeness (QED) is 0.616. The Hall–Kier alpha value is -2.48. The van der Waals surface area contributed by atoms with E-state index >= 15 is 0 Å². The first-order valence-electron chi connectivity index (χ1n) is 8.63. The summed E-state index contributed by atoms with van der Waals surface area (Å²) in [5, 5.41) is 10.7. The minimum absolute atomic E-state index is 0.0312. The molecule has 3 N–H and O–H groups in total. The third-order valence-electron chi connectivity index (χ3n) is 4.71. The number of carbonyl (C=O) groups excluding carboxylic acids is 1. The highest BCUT2D eigenvalue weighted by Crippen LogP contribution is 2.25. The van der Waals surface area contributed by atoms with Crippen molar-refractivity contribution in [3.8, 4) is 0 Å². The molecule has 0 aromatic carbocycles. The fourth-order valence-electron chi connectivity index (χ4n) is 2.84. The lowest BCUT2D eigenvalue weighted by Gasteiger charge is -2.05. The fourth-order valence-corrected chi connectivity index (χ4v) is 3.89. The van der Waals surface area contributed by atoms with Gasteiger partial charge in [0.05, 0.1) is 11.1 Å². The van der Waals surface area contributed by atoms with E-state index in [4.69, 9.17) is 0 Å². The summed E-state index contributed by atoms with van der Waals surface area (Å²) in [4.78, 5) is 33.5. The van der Waals surface area contributed by atoms with Crippen LogP contribution in [0.15, 0.2) is 4.79 Å². The SMILES string of the molecule is Cc1[nH]nc(CCC(=O)NCCc2nc3sc(C)c(C)c3c(=O)[nH]2)c1C. The molecular formula is C18H23N5O2S. The number of H-pyrrole nitrogens is 2. The Bertz CT molecular complexity index is 1010. The Balaban J connectivity index is 1.54. The molecule has 3 aromatic rings. The van der Waals surface area contributed by atoms with Gasteiger partial charge in [0.15, 0.2) is 0 Å². The minimum Gasteiger partial charge on any atom is -0.356 e. The first-order chi connectivity index (χ1) is 12.4. The molecule has 8 heteroatoms. The Morgan fingerprint density at radius 2 is 1.92 bits per heavy atom. The average Bonchev–Trinajstić information content (AvgIpc) is 3.06. The van der Waals surface area contributed by atoms with Crippen LogP contribution in [0.2, 0.25) is 0 Å². The molecule has 0 bridgehead atoms. The van der Waals surface area contributed by atoms with E-state index in [1.165, 1.54) is 11.3 Å². The molecule has 138 valence electrons. The van der Waals surface area contributed by atoms with Gasteiger partial charge in [0.2, 0.25) is 5.91 Å². The molecular weight excluding hydrogens is 350 g/mol. The lowest BCUT2D eigenvalue weighted by molar-refractivity contribution is -0.121. The molecule has 26 heavy (non-hydrogen) atoms. The second kappa shape index (κ2) is 7.41.